The van der Waals surface area contributed by atoms with Gasteiger partial charge in [-0.1, -0.05) is 30.3 Å². The van der Waals surface area contributed by atoms with Crippen LogP contribution in [0.2, 0.25) is 0 Å². The number of ether oxygens (including phenoxy) is 2. The average molecular weight is 391 g/mol. The van der Waals surface area contributed by atoms with Gasteiger partial charge >= 0.3 is 0 Å². The van der Waals surface area contributed by atoms with Gasteiger partial charge in [0.2, 0.25) is 0 Å². The maximum atomic E-state index is 13.0. The van der Waals surface area contributed by atoms with Gasteiger partial charge < -0.3 is 19.7 Å². The number of carbonyl (C=O) groups is 1. The molecule has 2 aromatic carbocycles. The average Bonchev–Trinajstić information content (AvgIpc) is 2.78. The number of carbonyl (C=O) groups excluding carboxylic acids is 1. The molecule has 0 radical (unpaired) electrons. The van der Waals surface area contributed by atoms with Crippen molar-refractivity contribution in [1.82, 2.24) is 9.88 Å². The van der Waals surface area contributed by atoms with Crippen LogP contribution in [0.15, 0.2) is 67.0 Å². The summed E-state index contributed by atoms with van der Waals surface area (Å²) in [6.45, 7) is 3.14. The van der Waals surface area contributed by atoms with Gasteiger partial charge in [-0.15, -0.1) is 0 Å². The lowest BCUT2D eigenvalue weighted by Gasteiger charge is -2.21. The van der Waals surface area contributed by atoms with E-state index in [2.05, 4.69) is 10.3 Å². The molecule has 1 amide bonds. The van der Waals surface area contributed by atoms with E-state index in [1.807, 2.05) is 49.4 Å². The first-order chi connectivity index (χ1) is 14.1. The standard InChI is InChI=1S/C23H25N3O3/c1-4-26(16-17-8-6-5-7-9-17)23(27)18-12-19(15-24-14-18)25-21-11-10-20(28-2)13-22(21)29-3/h5-15,25H,4,16H2,1-3H3. The van der Waals surface area contributed by atoms with E-state index in [0.717, 1.165) is 11.3 Å². The van der Waals surface area contributed by atoms with Crippen molar-refractivity contribution >= 4 is 17.3 Å². The Hall–Kier alpha value is -3.54. The summed E-state index contributed by atoms with van der Waals surface area (Å²) in [6, 6.07) is 17.2. The summed E-state index contributed by atoms with van der Waals surface area (Å²) in [5, 5.41) is 3.26. The zero-order valence-corrected chi connectivity index (χ0v) is 16.9. The van der Waals surface area contributed by atoms with Crippen LogP contribution < -0.4 is 14.8 Å². The Kier molecular flexibility index (Phi) is 6.68. The van der Waals surface area contributed by atoms with Crippen LogP contribution in [0.1, 0.15) is 22.8 Å². The van der Waals surface area contributed by atoms with Gasteiger partial charge in [-0.3, -0.25) is 9.78 Å². The molecule has 0 aliphatic rings. The first-order valence-corrected chi connectivity index (χ1v) is 9.42. The van der Waals surface area contributed by atoms with Gasteiger partial charge in [0, 0.05) is 25.4 Å². The van der Waals surface area contributed by atoms with Crippen molar-refractivity contribution in [3.05, 3.63) is 78.1 Å². The monoisotopic (exact) mass is 391 g/mol. The number of rotatable bonds is 8. The largest absolute Gasteiger partial charge is 0.497 e. The highest BCUT2D eigenvalue weighted by Crippen LogP contribution is 2.31. The molecule has 0 fully saturated rings. The molecule has 1 heterocycles. The second kappa shape index (κ2) is 9.59. The molecule has 0 aliphatic carbocycles. The van der Waals surface area contributed by atoms with Crippen LogP contribution in [0.3, 0.4) is 0 Å². The molecule has 150 valence electrons. The van der Waals surface area contributed by atoms with Crippen LogP contribution in [0.4, 0.5) is 11.4 Å². The number of hydrogen-bond donors (Lipinski definition) is 1. The SMILES string of the molecule is CCN(Cc1ccccc1)C(=O)c1cncc(Nc2ccc(OC)cc2OC)c1. The van der Waals surface area contributed by atoms with Crippen molar-refractivity contribution in [3.63, 3.8) is 0 Å². The summed E-state index contributed by atoms with van der Waals surface area (Å²) in [5.41, 5.74) is 3.08. The molecule has 0 atom stereocenters. The van der Waals surface area contributed by atoms with E-state index in [9.17, 15) is 4.79 Å². The number of benzene rings is 2. The zero-order chi connectivity index (χ0) is 20.6. The summed E-state index contributed by atoms with van der Waals surface area (Å²) < 4.78 is 10.7. The van der Waals surface area contributed by atoms with E-state index in [1.54, 1.807) is 43.6 Å². The number of methoxy groups -OCH3 is 2. The molecule has 6 heteroatoms. The molecule has 1 aromatic heterocycles. The molecule has 3 rings (SSSR count). The number of nitrogens with zero attached hydrogens (tertiary/aromatic N) is 2. The Bertz CT molecular complexity index is 961. The van der Waals surface area contributed by atoms with E-state index < -0.39 is 0 Å². The van der Waals surface area contributed by atoms with Gasteiger partial charge in [0.15, 0.2) is 0 Å². The highest BCUT2D eigenvalue weighted by Gasteiger charge is 2.16. The third kappa shape index (κ3) is 5.04. The number of anilines is 2. The van der Waals surface area contributed by atoms with Crippen molar-refractivity contribution < 1.29 is 14.3 Å². The van der Waals surface area contributed by atoms with E-state index in [-0.39, 0.29) is 5.91 Å². The summed E-state index contributed by atoms with van der Waals surface area (Å²) in [5.74, 6) is 1.28. The summed E-state index contributed by atoms with van der Waals surface area (Å²) in [7, 11) is 3.21. The molecule has 3 aromatic rings. The van der Waals surface area contributed by atoms with Crippen LogP contribution >= 0.6 is 0 Å². The van der Waals surface area contributed by atoms with Crippen LogP contribution in [-0.4, -0.2) is 36.6 Å². The topological polar surface area (TPSA) is 63.7 Å². The second-order valence-electron chi connectivity index (χ2n) is 6.46. The molecule has 0 bridgehead atoms. The smallest absolute Gasteiger partial charge is 0.255 e. The maximum absolute atomic E-state index is 13.0. The Morgan fingerprint density at radius 3 is 2.52 bits per heavy atom. The third-order valence-corrected chi connectivity index (χ3v) is 4.56. The molecule has 0 unspecified atom stereocenters. The summed E-state index contributed by atoms with van der Waals surface area (Å²) in [4.78, 5) is 19.0. The number of aromatic nitrogens is 1. The van der Waals surface area contributed by atoms with E-state index in [1.165, 1.54) is 0 Å². The molecule has 6 nitrogen and oxygen atoms in total. The van der Waals surface area contributed by atoms with E-state index >= 15 is 0 Å². The van der Waals surface area contributed by atoms with Crippen LogP contribution in [0.25, 0.3) is 0 Å². The molecule has 1 N–H and O–H groups in total. The quantitative estimate of drug-likeness (QED) is 0.612. The highest BCUT2D eigenvalue weighted by atomic mass is 16.5. The van der Waals surface area contributed by atoms with Crippen LogP contribution in [0, 0.1) is 0 Å². The minimum atomic E-state index is -0.0609. The molecular formula is C23H25N3O3. The predicted molar refractivity (Wildman–Crippen MR) is 114 cm³/mol. The number of hydrogen-bond acceptors (Lipinski definition) is 5. The van der Waals surface area contributed by atoms with Crippen LogP contribution in [-0.2, 0) is 6.54 Å². The molecule has 0 saturated carbocycles. The number of pyridine rings is 1. The van der Waals surface area contributed by atoms with Crippen molar-refractivity contribution in [2.75, 3.05) is 26.1 Å². The number of nitrogens with one attached hydrogen (secondary N) is 1. The predicted octanol–water partition coefficient (Wildman–Crippen LogP) is 4.50. The Morgan fingerprint density at radius 1 is 1.03 bits per heavy atom. The zero-order valence-electron chi connectivity index (χ0n) is 16.9. The third-order valence-electron chi connectivity index (χ3n) is 4.56. The van der Waals surface area contributed by atoms with Crippen molar-refractivity contribution in [1.29, 1.82) is 0 Å². The van der Waals surface area contributed by atoms with E-state index in [4.69, 9.17) is 9.47 Å². The molecule has 0 spiro atoms. The van der Waals surface area contributed by atoms with Gasteiger partial charge in [-0.05, 0) is 30.7 Å². The fraction of sp³-hybridized carbons (Fsp3) is 0.217. The van der Waals surface area contributed by atoms with E-state index in [0.29, 0.717) is 35.8 Å². The van der Waals surface area contributed by atoms with Gasteiger partial charge in [0.25, 0.3) is 5.91 Å². The van der Waals surface area contributed by atoms with Gasteiger partial charge in [-0.25, -0.2) is 0 Å². The van der Waals surface area contributed by atoms with Gasteiger partial charge in [0.1, 0.15) is 11.5 Å². The van der Waals surface area contributed by atoms with Crippen LogP contribution in [0.5, 0.6) is 11.5 Å². The Morgan fingerprint density at radius 2 is 1.83 bits per heavy atom. The van der Waals surface area contributed by atoms with Crippen molar-refractivity contribution in [2.45, 2.75) is 13.5 Å². The molecule has 29 heavy (non-hydrogen) atoms. The number of amides is 1. The fourth-order valence-electron chi connectivity index (χ4n) is 3.00. The minimum Gasteiger partial charge on any atom is -0.497 e. The molecule has 0 aliphatic heterocycles. The van der Waals surface area contributed by atoms with Crippen molar-refractivity contribution in [2.24, 2.45) is 0 Å². The minimum absolute atomic E-state index is 0.0609. The second-order valence-corrected chi connectivity index (χ2v) is 6.46. The van der Waals surface area contributed by atoms with Gasteiger partial charge in [0.05, 0.1) is 37.4 Å². The first-order valence-electron chi connectivity index (χ1n) is 9.42. The summed E-state index contributed by atoms with van der Waals surface area (Å²) in [6.07, 6.45) is 3.26. The van der Waals surface area contributed by atoms with Crippen molar-refractivity contribution in [3.8, 4) is 11.5 Å². The fourth-order valence-corrected chi connectivity index (χ4v) is 3.00. The van der Waals surface area contributed by atoms with Gasteiger partial charge in [-0.2, -0.15) is 0 Å². The normalized spacial score (nSPS) is 10.3. The lowest BCUT2D eigenvalue weighted by Crippen LogP contribution is -2.30. The Balaban J connectivity index is 1.79. The Labute approximate surface area is 171 Å². The highest BCUT2D eigenvalue weighted by molar-refractivity contribution is 5.95. The maximum Gasteiger partial charge on any atom is 0.255 e. The first kappa shape index (κ1) is 20.2. The lowest BCUT2D eigenvalue weighted by molar-refractivity contribution is 0.0752. The molecular weight excluding hydrogens is 366 g/mol. The summed E-state index contributed by atoms with van der Waals surface area (Å²) >= 11 is 0. The molecule has 0 saturated heterocycles. The lowest BCUT2D eigenvalue weighted by atomic mass is 10.1.